The lowest BCUT2D eigenvalue weighted by Crippen LogP contribution is -2.52. The first kappa shape index (κ1) is 24.9. The van der Waals surface area contributed by atoms with E-state index in [1.54, 1.807) is 0 Å². The van der Waals surface area contributed by atoms with Crippen molar-refractivity contribution >= 4 is 5.91 Å². The van der Waals surface area contributed by atoms with Gasteiger partial charge in [-0.25, -0.2) is 0 Å². The molecule has 0 radical (unpaired) electrons. The van der Waals surface area contributed by atoms with Crippen LogP contribution < -0.4 is 11.1 Å². The Morgan fingerprint density at radius 2 is 1.89 bits per heavy atom. The lowest BCUT2D eigenvalue weighted by Gasteiger charge is -2.42. The van der Waals surface area contributed by atoms with E-state index < -0.39 is 18.1 Å². The van der Waals surface area contributed by atoms with Gasteiger partial charge in [-0.15, -0.1) is 0 Å². The second kappa shape index (κ2) is 11.1. The van der Waals surface area contributed by atoms with Crippen LogP contribution in [0.2, 0.25) is 0 Å². The van der Waals surface area contributed by atoms with Crippen LogP contribution in [-0.4, -0.2) is 66.9 Å². The Kier molecular flexibility index (Phi) is 7.65. The number of hydrogen-bond donors (Lipinski definition) is 3. The van der Waals surface area contributed by atoms with Crippen LogP contribution in [-0.2, 0) is 27.3 Å². The Morgan fingerprint density at radius 3 is 2.53 bits per heavy atom. The van der Waals surface area contributed by atoms with Crippen molar-refractivity contribution in [3.8, 4) is 17.2 Å². The Bertz CT molecular complexity index is 1100. The molecule has 1 unspecified atom stereocenters. The zero-order valence-electron chi connectivity index (χ0n) is 20.4. The molecule has 1 amide bonds. The van der Waals surface area contributed by atoms with Gasteiger partial charge in [0.1, 0.15) is 12.1 Å². The van der Waals surface area contributed by atoms with Crippen molar-refractivity contribution in [2.24, 2.45) is 11.7 Å². The van der Waals surface area contributed by atoms with Crippen LogP contribution in [0.3, 0.4) is 0 Å². The summed E-state index contributed by atoms with van der Waals surface area (Å²) in [6.45, 7) is 4.47. The van der Waals surface area contributed by atoms with Crippen LogP contribution in [0.5, 0.6) is 0 Å². The molecule has 0 aliphatic carbocycles. The molecule has 8 heteroatoms. The minimum atomic E-state index is -1.30. The van der Waals surface area contributed by atoms with Gasteiger partial charge in [0.05, 0.1) is 38.0 Å². The van der Waals surface area contributed by atoms with Gasteiger partial charge >= 0.3 is 0 Å². The van der Waals surface area contributed by atoms with Gasteiger partial charge in [0, 0.05) is 13.0 Å². The molecule has 5 rings (SSSR count). The number of hydrogen-bond acceptors (Lipinski definition) is 7. The van der Waals surface area contributed by atoms with Gasteiger partial charge in [0.25, 0.3) is 5.91 Å². The van der Waals surface area contributed by atoms with Crippen LogP contribution in [0.15, 0.2) is 42.5 Å². The zero-order chi connectivity index (χ0) is 25.1. The molecule has 2 fully saturated rings. The van der Waals surface area contributed by atoms with Gasteiger partial charge in [0.2, 0.25) is 0 Å². The Labute approximate surface area is 212 Å². The zero-order valence-corrected chi connectivity index (χ0v) is 20.4. The number of benzene rings is 2. The highest BCUT2D eigenvalue weighted by Gasteiger charge is 2.36. The predicted molar refractivity (Wildman–Crippen MR) is 135 cm³/mol. The second-order valence-electron chi connectivity index (χ2n) is 10.1. The molecule has 0 aromatic heterocycles. The summed E-state index contributed by atoms with van der Waals surface area (Å²) in [6.07, 6.45) is 1.51. The predicted octanol–water partition coefficient (Wildman–Crippen LogP) is 1.91. The summed E-state index contributed by atoms with van der Waals surface area (Å²) in [7, 11) is 0. The van der Waals surface area contributed by atoms with Gasteiger partial charge in [0.15, 0.2) is 0 Å². The summed E-state index contributed by atoms with van der Waals surface area (Å²) in [5, 5.41) is 21.5. The molecule has 0 spiro atoms. The molecule has 3 aliphatic heterocycles. The Hall–Kier alpha value is -2.80. The molecular weight excluding hydrogens is 456 g/mol. The quantitative estimate of drug-likeness (QED) is 0.517. The molecule has 0 saturated carbocycles. The Morgan fingerprint density at radius 1 is 1.17 bits per heavy atom. The van der Waals surface area contributed by atoms with Crippen molar-refractivity contribution in [3.63, 3.8) is 0 Å². The van der Waals surface area contributed by atoms with E-state index in [0.717, 1.165) is 55.8 Å². The molecule has 36 heavy (non-hydrogen) atoms. The first-order valence-electron chi connectivity index (χ1n) is 12.8. The number of carbonyl (C=O) groups excluding carboxylic acids is 1. The maximum atomic E-state index is 11.9. The molecule has 2 saturated heterocycles. The average molecular weight is 491 g/mol. The number of carbonyl (C=O) groups is 1. The van der Waals surface area contributed by atoms with E-state index in [2.05, 4.69) is 34.5 Å². The average Bonchev–Trinajstić information content (AvgIpc) is 3.31. The highest BCUT2D eigenvalue weighted by Crippen LogP contribution is 2.42. The monoisotopic (exact) mass is 490 g/mol. The summed E-state index contributed by atoms with van der Waals surface area (Å²) >= 11 is 0. The molecule has 8 nitrogen and oxygen atoms in total. The van der Waals surface area contributed by atoms with Crippen molar-refractivity contribution in [3.05, 3.63) is 59.2 Å². The van der Waals surface area contributed by atoms with E-state index in [1.165, 1.54) is 11.1 Å². The largest absolute Gasteiger partial charge is 0.382 e. The number of piperidine rings is 1. The maximum Gasteiger partial charge on any atom is 0.251 e. The topological polar surface area (TPSA) is 121 Å². The second-order valence-corrected chi connectivity index (χ2v) is 10.1. The Balaban J connectivity index is 1.23. The summed E-state index contributed by atoms with van der Waals surface area (Å²) in [5.41, 5.74) is 11.1. The third-order valence-corrected chi connectivity index (χ3v) is 7.74. The lowest BCUT2D eigenvalue weighted by atomic mass is 9.85. The number of likely N-dealkylation sites (tertiary alicyclic amines) is 1. The van der Waals surface area contributed by atoms with Gasteiger partial charge in [-0.1, -0.05) is 36.4 Å². The normalized spacial score (nSPS) is 22.3. The standard InChI is InChI=1S/C28H34N4O4/c29-13-23(31-28(34)26(33)14-30)11-18-1-3-19(4-2-18)21-5-6-22-15-36-27(25(22)12-21)20-7-9-32(10-8-20)24-16-35-17-24/h1-6,12,20,23-24,26-27,33H,7-11,14-17,30H2,(H,31,34)/t23-,26-,27?/m0/s1. The number of nitrogens with one attached hydrogen (secondary N) is 1. The molecule has 2 aromatic carbocycles. The van der Waals surface area contributed by atoms with Gasteiger partial charge in [-0.2, -0.15) is 5.26 Å². The number of rotatable bonds is 8. The fourth-order valence-corrected chi connectivity index (χ4v) is 5.42. The molecule has 3 aliphatic rings. The van der Waals surface area contributed by atoms with E-state index in [1.807, 2.05) is 24.3 Å². The molecule has 0 bridgehead atoms. The lowest BCUT2D eigenvalue weighted by molar-refractivity contribution is -0.129. The van der Waals surface area contributed by atoms with Crippen LogP contribution in [0.25, 0.3) is 11.1 Å². The molecule has 3 heterocycles. The third-order valence-electron chi connectivity index (χ3n) is 7.74. The minimum Gasteiger partial charge on any atom is -0.382 e. The van der Waals surface area contributed by atoms with Crippen molar-refractivity contribution in [2.45, 2.75) is 50.2 Å². The van der Waals surface area contributed by atoms with Crippen molar-refractivity contribution in [1.82, 2.24) is 10.2 Å². The van der Waals surface area contributed by atoms with Gasteiger partial charge < -0.3 is 25.6 Å². The molecule has 2 aromatic rings. The minimum absolute atomic E-state index is 0.155. The number of nitrogens with two attached hydrogens (primary N) is 1. The first-order valence-corrected chi connectivity index (χ1v) is 12.8. The SMILES string of the molecule is N#C[C@H](Cc1ccc(-c2ccc3c(c2)C(C2CCN(C4COC4)CC2)OC3)cc1)NC(=O)[C@@H](O)CN. The van der Waals surface area contributed by atoms with E-state index in [0.29, 0.717) is 25.0 Å². The van der Waals surface area contributed by atoms with Gasteiger partial charge in [-0.3, -0.25) is 9.69 Å². The highest BCUT2D eigenvalue weighted by atomic mass is 16.5. The van der Waals surface area contributed by atoms with E-state index in [4.69, 9.17) is 15.2 Å². The maximum absolute atomic E-state index is 11.9. The van der Waals surface area contributed by atoms with Crippen molar-refractivity contribution in [2.75, 3.05) is 32.8 Å². The molecular formula is C28H34N4O4. The summed E-state index contributed by atoms with van der Waals surface area (Å²) in [6, 6.07) is 16.6. The summed E-state index contributed by atoms with van der Waals surface area (Å²) < 4.78 is 11.7. The number of ether oxygens (including phenoxy) is 2. The van der Waals surface area contributed by atoms with Crippen LogP contribution in [0.4, 0.5) is 0 Å². The summed E-state index contributed by atoms with van der Waals surface area (Å²) in [4.78, 5) is 14.4. The smallest absolute Gasteiger partial charge is 0.251 e. The number of fused-ring (bicyclic) bond motifs is 1. The fourth-order valence-electron chi connectivity index (χ4n) is 5.42. The van der Waals surface area contributed by atoms with Crippen LogP contribution >= 0.6 is 0 Å². The number of aliphatic hydroxyl groups is 1. The molecule has 3 atom stereocenters. The van der Waals surface area contributed by atoms with Gasteiger partial charge in [-0.05, 0) is 65.7 Å². The van der Waals surface area contributed by atoms with Crippen molar-refractivity contribution < 1.29 is 19.4 Å². The fraction of sp³-hybridized carbons (Fsp3) is 0.500. The number of amides is 1. The van der Waals surface area contributed by atoms with E-state index in [-0.39, 0.29) is 12.6 Å². The molecule has 190 valence electrons. The number of nitrogens with zero attached hydrogens (tertiary/aromatic N) is 2. The third kappa shape index (κ3) is 5.31. The summed E-state index contributed by atoms with van der Waals surface area (Å²) in [5.74, 6) is -0.0876. The van der Waals surface area contributed by atoms with E-state index >= 15 is 0 Å². The van der Waals surface area contributed by atoms with Crippen LogP contribution in [0, 0.1) is 17.2 Å². The van der Waals surface area contributed by atoms with E-state index in [9.17, 15) is 15.2 Å². The highest BCUT2D eigenvalue weighted by molar-refractivity contribution is 5.81. The van der Waals surface area contributed by atoms with Crippen molar-refractivity contribution in [1.29, 1.82) is 5.26 Å². The first-order chi connectivity index (χ1) is 17.6. The van der Waals surface area contributed by atoms with Crippen LogP contribution in [0.1, 0.15) is 35.6 Å². The number of aliphatic hydroxyl groups excluding tert-OH is 1. The number of nitriles is 1. The molecule has 4 N–H and O–H groups in total.